The minimum atomic E-state index is 0.109. The molecule has 2 aliphatic rings. The number of hydrogen-bond donors (Lipinski definition) is 1. The molecule has 3 heteroatoms. The monoisotopic (exact) mass is 169 g/mol. The van der Waals surface area contributed by atoms with Crippen LogP contribution in [0.2, 0.25) is 0 Å². The molecule has 2 rings (SSSR count). The smallest absolute Gasteiger partial charge is 0.185 e. The van der Waals surface area contributed by atoms with E-state index in [4.69, 9.17) is 4.74 Å². The Kier molecular flexibility index (Phi) is 1.76. The molecule has 68 valence electrons. The SMILES string of the molecule is CC(C)[C@H]1CO[C@@H]2CC=C(O)N12. The van der Waals surface area contributed by atoms with Gasteiger partial charge in [-0.15, -0.1) is 0 Å². The first-order valence-corrected chi connectivity index (χ1v) is 4.49. The number of aliphatic hydroxyl groups is 1. The van der Waals surface area contributed by atoms with Gasteiger partial charge >= 0.3 is 0 Å². The molecule has 1 fully saturated rings. The van der Waals surface area contributed by atoms with Crippen LogP contribution < -0.4 is 0 Å². The molecule has 0 amide bonds. The fourth-order valence-corrected chi connectivity index (χ4v) is 1.91. The Hall–Kier alpha value is -0.700. The summed E-state index contributed by atoms with van der Waals surface area (Å²) in [5, 5.41) is 9.53. The predicted molar refractivity (Wildman–Crippen MR) is 45.5 cm³/mol. The Morgan fingerprint density at radius 2 is 2.42 bits per heavy atom. The van der Waals surface area contributed by atoms with Crippen LogP contribution in [-0.2, 0) is 4.74 Å². The molecule has 0 bridgehead atoms. The van der Waals surface area contributed by atoms with E-state index in [1.54, 1.807) is 0 Å². The number of nitrogens with zero attached hydrogens (tertiary/aromatic N) is 1. The number of fused-ring (bicyclic) bond motifs is 1. The van der Waals surface area contributed by atoms with Gasteiger partial charge in [-0.2, -0.15) is 0 Å². The van der Waals surface area contributed by atoms with E-state index in [9.17, 15) is 5.11 Å². The fraction of sp³-hybridized carbons (Fsp3) is 0.778. The molecule has 0 aromatic carbocycles. The van der Waals surface area contributed by atoms with Crippen molar-refractivity contribution in [2.45, 2.75) is 32.5 Å². The van der Waals surface area contributed by atoms with Crippen molar-refractivity contribution in [3.8, 4) is 0 Å². The van der Waals surface area contributed by atoms with Crippen molar-refractivity contribution in [2.75, 3.05) is 6.61 Å². The molecule has 0 spiro atoms. The number of aliphatic hydroxyl groups excluding tert-OH is 1. The summed E-state index contributed by atoms with van der Waals surface area (Å²) in [6.45, 7) is 5.06. The highest BCUT2D eigenvalue weighted by Gasteiger charge is 2.39. The van der Waals surface area contributed by atoms with E-state index in [1.807, 2.05) is 11.0 Å². The average molecular weight is 169 g/mol. The van der Waals surface area contributed by atoms with Crippen LogP contribution in [0.15, 0.2) is 12.0 Å². The third-order valence-electron chi connectivity index (χ3n) is 2.66. The van der Waals surface area contributed by atoms with Crippen LogP contribution in [0.5, 0.6) is 0 Å². The lowest BCUT2D eigenvalue weighted by Crippen LogP contribution is -2.36. The lowest BCUT2D eigenvalue weighted by molar-refractivity contribution is 0.0422. The molecular formula is C9H15NO2. The standard InChI is InChI=1S/C9H15NO2/c1-6(2)7-5-12-9-4-3-8(11)10(7)9/h3,6-7,9,11H,4-5H2,1-2H3/t7-,9-/m1/s1. The van der Waals surface area contributed by atoms with Crippen LogP contribution >= 0.6 is 0 Å². The summed E-state index contributed by atoms with van der Waals surface area (Å²) < 4.78 is 5.54. The number of ether oxygens (including phenoxy) is 1. The molecule has 3 nitrogen and oxygen atoms in total. The topological polar surface area (TPSA) is 32.7 Å². The lowest BCUT2D eigenvalue weighted by atomic mass is 10.1. The van der Waals surface area contributed by atoms with Gasteiger partial charge in [-0.3, -0.25) is 0 Å². The molecule has 12 heavy (non-hydrogen) atoms. The third kappa shape index (κ3) is 1.00. The van der Waals surface area contributed by atoms with E-state index in [-0.39, 0.29) is 6.23 Å². The zero-order valence-electron chi connectivity index (χ0n) is 7.53. The summed E-state index contributed by atoms with van der Waals surface area (Å²) in [6, 6.07) is 0.355. The molecule has 2 atom stereocenters. The first-order valence-electron chi connectivity index (χ1n) is 4.49. The minimum absolute atomic E-state index is 0.109. The lowest BCUT2D eigenvalue weighted by Gasteiger charge is -2.26. The molecule has 1 N–H and O–H groups in total. The second-order valence-electron chi connectivity index (χ2n) is 3.80. The molecule has 0 aromatic heterocycles. The van der Waals surface area contributed by atoms with Crippen LogP contribution in [0.4, 0.5) is 0 Å². The molecule has 0 aromatic rings. The zero-order valence-corrected chi connectivity index (χ0v) is 7.53. The van der Waals surface area contributed by atoms with Crippen LogP contribution in [-0.4, -0.2) is 28.9 Å². The van der Waals surface area contributed by atoms with Gasteiger partial charge < -0.3 is 14.7 Å². The highest BCUT2D eigenvalue weighted by Crippen LogP contribution is 2.32. The van der Waals surface area contributed by atoms with Crippen LogP contribution in [0.25, 0.3) is 0 Å². The Morgan fingerprint density at radius 1 is 1.67 bits per heavy atom. The molecular weight excluding hydrogens is 154 g/mol. The quantitative estimate of drug-likeness (QED) is 0.645. The van der Waals surface area contributed by atoms with Gasteiger partial charge in [-0.1, -0.05) is 13.8 Å². The maximum atomic E-state index is 9.53. The van der Waals surface area contributed by atoms with Gasteiger partial charge in [0.05, 0.1) is 12.6 Å². The number of hydrogen-bond acceptors (Lipinski definition) is 3. The first-order chi connectivity index (χ1) is 5.70. The van der Waals surface area contributed by atoms with E-state index in [1.165, 1.54) is 0 Å². The van der Waals surface area contributed by atoms with Crippen molar-refractivity contribution in [3.05, 3.63) is 12.0 Å². The van der Waals surface area contributed by atoms with Crippen molar-refractivity contribution in [1.29, 1.82) is 0 Å². The molecule has 0 saturated carbocycles. The van der Waals surface area contributed by atoms with Crippen molar-refractivity contribution in [1.82, 2.24) is 4.90 Å². The second kappa shape index (κ2) is 2.66. The molecule has 2 aliphatic heterocycles. The Labute approximate surface area is 72.6 Å². The maximum Gasteiger partial charge on any atom is 0.185 e. The van der Waals surface area contributed by atoms with E-state index < -0.39 is 0 Å². The Bertz CT molecular complexity index is 213. The van der Waals surface area contributed by atoms with Crippen molar-refractivity contribution in [2.24, 2.45) is 5.92 Å². The second-order valence-corrected chi connectivity index (χ2v) is 3.80. The predicted octanol–water partition coefficient (Wildman–Crippen LogP) is 1.47. The summed E-state index contributed by atoms with van der Waals surface area (Å²) in [6.07, 6.45) is 2.77. The Balaban J connectivity index is 2.15. The van der Waals surface area contributed by atoms with Gasteiger partial charge in [0.1, 0.15) is 6.23 Å². The highest BCUT2D eigenvalue weighted by molar-refractivity contribution is 5.06. The minimum Gasteiger partial charge on any atom is -0.495 e. The molecule has 2 heterocycles. The zero-order chi connectivity index (χ0) is 8.72. The highest BCUT2D eigenvalue weighted by atomic mass is 16.5. The molecule has 1 saturated heterocycles. The summed E-state index contributed by atoms with van der Waals surface area (Å²) in [4.78, 5) is 1.99. The summed E-state index contributed by atoms with van der Waals surface area (Å²) in [5.74, 6) is 0.930. The van der Waals surface area contributed by atoms with E-state index in [0.717, 1.165) is 13.0 Å². The molecule has 0 aliphatic carbocycles. The molecule has 0 unspecified atom stereocenters. The third-order valence-corrected chi connectivity index (χ3v) is 2.66. The first kappa shape index (κ1) is 7.92. The van der Waals surface area contributed by atoms with E-state index >= 15 is 0 Å². The average Bonchev–Trinajstić information content (AvgIpc) is 2.53. The van der Waals surface area contributed by atoms with Gasteiger partial charge in [0, 0.05) is 6.42 Å². The fourth-order valence-electron chi connectivity index (χ4n) is 1.91. The van der Waals surface area contributed by atoms with Crippen molar-refractivity contribution >= 4 is 0 Å². The van der Waals surface area contributed by atoms with Gasteiger partial charge in [0.25, 0.3) is 0 Å². The van der Waals surface area contributed by atoms with Crippen LogP contribution in [0.3, 0.4) is 0 Å². The normalized spacial score (nSPS) is 34.2. The van der Waals surface area contributed by atoms with Gasteiger partial charge in [0.2, 0.25) is 0 Å². The van der Waals surface area contributed by atoms with Crippen molar-refractivity contribution < 1.29 is 9.84 Å². The molecule has 0 radical (unpaired) electrons. The van der Waals surface area contributed by atoms with Crippen LogP contribution in [0, 0.1) is 5.92 Å². The number of rotatable bonds is 1. The Morgan fingerprint density at radius 3 is 3.08 bits per heavy atom. The van der Waals surface area contributed by atoms with Crippen molar-refractivity contribution in [3.63, 3.8) is 0 Å². The summed E-state index contributed by atoms with van der Waals surface area (Å²) in [5.41, 5.74) is 0. The largest absolute Gasteiger partial charge is 0.495 e. The van der Waals surface area contributed by atoms with Gasteiger partial charge in [-0.25, -0.2) is 0 Å². The van der Waals surface area contributed by atoms with Gasteiger partial charge in [0.15, 0.2) is 5.88 Å². The van der Waals surface area contributed by atoms with Gasteiger partial charge in [-0.05, 0) is 12.0 Å². The van der Waals surface area contributed by atoms with E-state index in [0.29, 0.717) is 17.8 Å². The van der Waals surface area contributed by atoms with E-state index in [2.05, 4.69) is 13.8 Å². The maximum absolute atomic E-state index is 9.53. The summed E-state index contributed by atoms with van der Waals surface area (Å²) >= 11 is 0. The van der Waals surface area contributed by atoms with Crippen LogP contribution in [0.1, 0.15) is 20.3 Å². The summed E-state index contributed by atoms with van der Waals surface area (Å²) in [7, 11) is 0.